The summed E-state index contributed by atoms with van der Waals surface area (Å²) >= 11 is 1.25. The van der Waals surface area contributed by atoms with E-state index in [1.807, 2.05) is 26.8 Å². The number of amides is 1. The average Bonchev–Trinajstić information content (AvgIpc) is 2.39. The molecule has 0 aliphatic carbocycles. The van der Waals surface area contributed by atoms with E-state index in [1.54, 1.807) is 0 Å². The highest BCUT2D eigenvalue weighted by Crippen LogP contribution is 2.13. The summed E-state index contributed by atoms with van der Waals surface area (Å²) in [4.78, 5) is 31.2. The number of hydrogen-bond acceptors (Lipinski definition) is 5. The van der Waals surface area contributed by atoms with Crippen LogP contribution in [0.5, 0.6) is 0 Å². The number of carboxylic acid groups (broad SMARTS) is 1. The zero-order valence-electron chi connectivity index (χ0n) is 12.5. The third-order valence-electron chi connectivity index (χ3n) is 2.83. The zero-order chi connectivity index (χ0) is 15.8. The van der Waals surface area contributed by atoms with Gasteiger partial charge < -0.3 is 10.4 Å². The van der Waals surface area contributed by atoms with E-state index in [2.05, 4.69) is 15.3 Å². The smallest absolute Gasteiger partial charge is 0.308 e. The van der Waals surface area contributed by atoms with E-state index in [9.17, 15) is 9.59 Å². The molecule has 0 aliphatic heterocycles. The van der Waals surface area contributed by atoms with Gasteiger partial charge in [0.05, 0.1) is 11.7 Å². The summed E-state index contributed by atoms with van der Waals surface area (Å²) in [7, 11) is 0. The molecule has 1 heterocycles. The van der Waals surface area contributed by atoms with Gasteiger partial charge in [0, 0.05) is 17.9 Å². The lowest BCUT2D eigenvalue weighted by atomic mass is 10.0. The molecular formula is C14H21N3O3S. The molecule has 0 bridgehead atoms. The van der Waals surface area contributed by atoms with Gasteiger partial charge in [-0.05, 0) is 26.3 Å². The minimum absolute atomic E-state index is 0.163. The number of thioether (sulfide) groups is 1. The first-order chi connectivity index (χ1) is 9.92. The maximum atomic E-state index is 11.7. The molecule has 0 radical (unpaired) electrons. The number of aliphatic carboxylic acids is 1. The Morgan fingerprint density at radius 3 is 2.48 bits per heavy atom. The molecule has 1 amide bonds. The van der Waals surface area contributed by atoms with Crippen molar-refractivity contribution in [2.45, 2.75) is 38.8 Å². The first-order valence-electron chi connectivity index (χ1n) is 6.87. The number of carbonyl (C=O) groups is 2. The van der Waals surface area contributed by atoms with Crippen LogP contribution in [0.3, 0.4) is 0 Å². The van der Waals surface area contributed by atoms with Gasteiger partial charge in [0.2, 0.25) is 5.91 Å². The minimum atomic E-state index is -0.873. The van der Waals surface area contributed by atoms with Crippen molar-refractivity contribution in [3.05, 3.63) is 17.5 Å². The summed E-state index contributed by atoms with van der Waals surface area (Å²) in [5.41, 5.74) is 1.72. The highest BCUT2D eigenvalue weighted by molar-refractivity contribution is 7.99. The zero-order valence-corrected chi connectivity index (χ0v) is 13.4. The Balaban J connectivity index is 2.41. The van der Waals surface area contributed by atoms with E-state index < -0.39 is 11.9 Å². The van der Waals surface area contributed by atoms with Crippen LogP contribution in [0, 0.1) is 19.8 Å². The van der Waals surface area contributed by atoms with Crippen LogP contribution in [-0.2, 0) is 9.59 Å². The Morgan fingerprint density at radius 2 is 1.95 bits per heavy atom. The number of hydrogen-bond donors (Lipinski definition) is 2. The molecule has 21 heavy (non-hydrogen) atoms. The molecule has 1 unspecified atom stereocenters. The standard InChI is InChI=1S/C14H21N3O3S/c1-4-5-11(13(19)20)7-15-12(18)8-21-14-16-9(2)6-10(3)17-14/h6,11H,4-5,7-8H2,1-3H3,(H,15,18)(H,19,20). The van der Waals surface area contributed by atoms with Crippen LogP contribution >= 0.6 is 11.8 Å². The van der Waals surface area contributed by atoms with Gasteiger partial charge >= 0.3 is 5.97 Å². The second kappa shape index (κ2) is 8.61. The van der Waals surface area contributed by atoms with Crippen LogP contribution in [-0.4, -0.2) is 39.2 Å². The highest BCUT2D eigenvalue weighted by Gasteiger charge is 2.17. The quantitative estimate of drug-likeness (QED) is 0.562. The Labute approximate surface area is 128 Å². The van der Waals surface area contributed by atoms with Crippen molar-refractivity contribution in [3.63, 3.8) is 0 Å². The molecule has 1 aromatic rings. The summed E-state index contributed by atoms with van der Waals surface area (Å²) in [6, 6.07) is 1.87. The number of carbonyl (C=O) groups excluding carboxylic acids is 1. The largest absolute Gasteiger partial charge is 0.481 e. The predicted molar refractivity (Wildman–Crippen MR) is 81.3 cm³/mol. The molecule has 1 aromatic heterocycles. The van der Waals surface area contributed by atoms with Gasteiger partial charge in [-0.25, -0.2) is 9.97 Å². The predicted octanol–water partition coefficient (Wildman–Crippen LogP) is 1.80. The Bertz CT molecular complexity index is 488. The number of rotatable bonds is 8. The van der Waals surface area contributed by atoms with Crippen LogP contribution < -0.4 is 5.32 Å². The van der Waals surface area contributed by atoms with Crippen molar-refractivity contribution >= 4 is 23.6 Å². The van der Waals surface area contributed by atoms with Gasteiger partial charge in [-0.2, -0.15) is 0 Å². The fourth-order valence-electron chi connectivity index (χ4n) is 1.84. The Kier molecular flexibility index (Phi) is 7.14. The summed E-state index contributed by atoms with van der Waals surface area (Å²) in [6.07, 6.45) is 1.33. The molecule has 0 saturated heterocycles. The first kappa shape index (κ1) is 17.4. The Hall–Kier alpha value is -1.63. The van der Waals surface area contributed by atoms with Crippen molar-refractivity contribution in [1.82, 2.24) is 15.3 Å². The molecule has 0 aromatic carbocycles. The maximum absolute atomic E-state index is 11.7. The van der Waals surface area contributed by atoms with Crippen molar-refractivity contribution in [2.24, 2.45) is 5.92 Å². The summed E-state index contributed by atoms with van der Waals surface area (Å²) < 4.78 is 0. The van der Waals surface area contributed by atoms with E-state index in [1.165, 1.54) is 11.8 Å². The summed E-state index contributed by atoms with van der Waals surface area (Å²) in [6.45, 7) is 5.84. The van der Waals surface area contributed by atoms with Gasteiger partial charge in [-0.3, -0.25) is 9.59 Å². The monoisotopic (exact) mass is 311 g/mol. The second-order valence-corrected chi connectivity index (χ2v) is 5.79. The van der Waals surface area contributed by atoms with Crippen LogP contribution in [0.4, 0.5) is 0 Å². The molecule has 0 fully saturated rings. The number of nitrogens with zero attached hydrogens (tertiary/aromatic N) is 2. The lowest BCUT2D eigenvalue weighted by Crippen LogP contribution is -2.33. The molecule has 0 saturated carbocycles. The average molecular weight is 311 g/mol. The van der Waals surface area contributed by atoms with Gasteiger partial charge in [-0.1, -0.05) is 25.1 Å². The van der Waals surface area contributed by atoms with E-state index in [0.717, 1.165) is 17.8 Å². The molecular weight excluding hydrogens is 290 g/mol. The van der Waals surface area contributed by atoms with Gasteiger partial charge in [0.1, 0.15) is 0 Å². The van der Waals surface area contributed by atoms with Crippen LogP contribution in [0.25, 0.3) is 0 Å². The van der Waals surface area contributed by atoms with E-state index in [4.69, 9.17) is 5.11 Å². The maximum Gasteiger partial charge on any atom is 0.308 e. The van der Waals surface area contributed by atoms with Crippen LogP contribution in [0.15, 0.2) is 11.2 Å². The molecule has 116 valence electrons. The second-order valence-electron chi connectivity index (χ2n) is 4.85. The van der Waals surface area contributed by atoms with Crippen molar-refractivity contribution < 1.29 is 14.7 Å². The van der Waals surface area contributed by atoms with Gasteiger partial charge in [0.25, 0.3) is 0 Å². The highest BCUT2D eigenvalue weighted by atomic mass is 32.2. The van der Waals surface area contributed by atoms with Gasteiger partial charge in [0.15, 0.2) is 5.16 Å². The fraction of sp³-hybridized carbons (Fsp3) is 0.571. The third-order valence-corrected chi connectivity index (χ3v) is 3.67. The number of carboxylic acids is 1. The first-order valence-corrected chi connectivity index (χ1v) is 7.85. The number of aromatic nitrogens is 2. The molecule has 1 atom stereocenters. The molecule has 0 aliphatic rings. The van der Waals surface area contributed by atoms with Crippen LogP contribution in [0.2, 0.25) is 0 Å². The number of aryl methyl sites for hydroxylation is 2. The molecule has 1 rings (SSSR count). The summed E-state index contributed by atoms with van der Waals surface area (Å²) in [5, 5.41) is 12.2. The summed E-state index contributed by atoms with van der Waals surface area (Å²) in [5.74, 6) is -1.42. The van der Waals surface area contributed by atoms with Crippen molar-refractivity contribution in [1.29, 1.82) is 0 Å². The van der Waals surface area contributed by atoms with E-state index in [-0.39, 0.29) is 18.2 Å². The van der Waals surface area contributed by atoms with Crippen LogP contribution in [0.1, 0.15) is 31.2 Å². The Morgan fingerprint density at radius 1 is 1.33 bits per heavy atom. The van der Waals surface area contributed by atoms with E-state index >= 15 is 0 Å². The van der Waals surface area contributed by atoms with Crippen molar-refractivity contribution in [3.8, 4) is 0 Å². The molecule has 6 nitrogen and oxygen atoms in total. The third kappa shape index (κ3) is 6.57. The topological polar surface area (TPSA) is 92.2 Å². The lowest BCUT2D eigenvalue weighted by Gasteiger charge is -2.12. The SMILES string of the molecule is CCCC(CNC(=O)CSc1nc(C)cc(C)n1)C(=O)O. The fourth-order valence-corrected chi connectivity index (χ4v) is 2.62. The van der Waals surface area contributed by atoms with Gasteiger partial charge in [-0.15, -0.1) is 0 Å². The normalized spacial score (nSPS) is 12.0. The number of nitrogens with one attached hydrogen (secondary N) is 1. The van der Waals surface area contributed by atoms with Crippen molar-refractivity contribution in [2.75, 3.05) is 12.3 Å². The molecule has 7 heteroatoms. The van der Waals surface area contributed by atoms with E-state index in [0.29, 0.717) is 11.6 Å². The minimum Gasteiger partial charge on any atom is -0.481 e. The lowest BCUT2D eigenvalue weighted by molar-refractivity contribution is -0.141. The molecule has 2 N–H and O–H groups in total. The molecule has 0 spiro atoms.